The normalized spacial score (nSPS) is 11.0. The van der Waals surface area contributed by atoms with Crippen LogP contribution >= 0.6 is 35.0 Å². The van der Waals surface area contributed by atoms with Crippen LogP contribution in [-0.4, -0.2) is 43.4 Å². The summed E-state index contributed by atoms with van der Waals surface area (Å²) < 4.78 is 12.2. The zero-order valence-electron chi connectivity index (χ0n) is 21.5. The van der Waals surface area contributed by atoms with E-state index in [0.717, 1.165) is 16.0 Å². The Morgan fingerprint density at radius 2 is 1.68 bits per heavy atom. The van der Waals surface area contributed by atoms with E-state index in [2.05, 4.69) is 9.97 Å². The van der Waals surface area contributed by atoms with Crippen LogP contribution in [0, 0.1) is 0 Å². The number of aliphatic hydroxyl groups is 1. The Bertz CT molecular complexity index is 1640. The summed E-state index contributed by atoms with van der Waals surface area (Å²) in [5, 5.41) is 22.0. The molecule has 0 fully saturated rings. The summed E-state index contributed by atoms with van der Waals surface area (Å²) in [5.74, 6) is 1.51. The van der Waals surface area contributed by atoms with Crippen LogP contribution in [0.15, 0.2) is 78.1 Å². The Morgan fingerprint density at radius 1 is 0.925 bits per heavy atom. The molecule has 0 bridgehead atoms. The molecule has 2 aromatic heterocycles. The van der Waals surface area contributed by atoms with Gasteiger partial charge in [0.05, 0.1) is 35.0 Å². The number of methoxy groups -OCH3 is 1. The number of ether oxygens (including phenoxy) is 2. The second-order valence-corrected chi connectivity index (χ2v) is 10.2. The Labute approximate surface area is 245 Å². The fourth-order valence-electron chi connectivity index (χ4n) is 4.13. The molecule has 0 aliphatic heterocycles. The van der Waals surface area contributed by atoms with Crippen molar-refractivity contribution in [2.24, 2.45) is 0 Å². The number of rotatable bonds is 9. The van der Waals surface area contributed by atoms with Crippen LogP contribution in [0.3, 0.4) is 0 Å². The summed E-state index contributed by atoms with van der Waals surface area (Å²) in [7, 11) is 1.62. The summed E-state index contributed by atoms with van der Waals surface area (Å²) >= 11 is 14.5. The maximum Gasteiger partial charge on any atom is 0.187 e. The number of hydrogen-bond acceptors (Lipinski definition) is 8. The first-order chi connectivity index (χ1) is 19.4. The molecule has 0 aliphatic carbocycles. The SMILES string of the molecule is COc1ccc(COc2cccc(-c3nc(-c4c(Cl)cc(CO)cc4Cl)n(O)c3-c3ccnc(SC)n3)c2)cc1. The Hall–Kier alpha value is -3.76. The number of nitrogens with zero attached hydrogens (tertiary/aromatic N) is 4. The van der Waals surface area contributed by atoms with Crippen molar-refractivity contribution in [3.05, 3.63) is 94.1 Å². The van der Waals surface area contributed by atoms with Crippen molar-refractivity contribution in [3.8, 4) is 45.5 Å². The summed E-state index contributed by atoms with van der Waals surface area (Å²) in [6.07, 6.45) is 3.49. The van der Waals surface area contributed by atoms with Crippen molar-refractivity contribution < 1.29 is 19.8 Å². The van der Waals surface area contributed by atoms with Crippen molar-refractivity contribution >= 4 is 35.0 Å². The van der Waals surface area contributed by atoms with E-state index in [1.165, 1.54) is 11.8 Å². The Morgan fingerprint density at radius 3 is 2.35 bits per heavy atom. The number of benzene rings is 3. The molecule has 0 unspecified atom stereocenters. The van der Waals surface area contributed by atoms with Crippen LogP contribution in [0.4, 0.5) is 0 Å². The third kappa shape index (κ3) is 5.73. The number of aromatic nitrogens is 4. The highest BCUT2D eigenvalue weighted by molar-refractivity contribution is 7.98. The van der Waals surface area contributed by atoms with Gasteiger partial charge in [0.1, 0.15) is 29.5 Å². The maximum absolute atomic E-state index is 11.5. The number of aliphatic hydroxyl groups excluding tert-OH is 1. The van der Waals surface area contributed by atoms with Gasteiger partial charge in [-0.3, -0.25) is 0 Å². The van der Waals surface area contributed by atoms with Crippen LogP contribution in [0.1, 0.15) is 11.1 Å². The van der Waals surface area contributed by atoms with Gasteiger partial charge in [-0.1, -0.05) is 59.2 Å². The van der Waals surface area contributed by atoms with Gasteiger partial charge in [0, 0.05) is 11.8 Å². The van der Waals surface area contributed by atoms with Gasteiger partial charge in [0.25, 0.3) is 0 Å². The van der Waals surface area contributed by atoms with E-state index in [4.69, 9.17) is 37.7 Å². The number of halogens is 2. The van der Waals surface area contributed by atoms with Gasteiger partial charge in [-0.25, -0.2) is 15.0 Å². The highest BCUT2D eigenvalue weighted by atomic mass is 35.5. The Balaban J connectivity index is 1.60. The molecule has 0 spiro atoms. The maximum atomic E-state index is 11.5. The molecule has 2 N–H and O–H groups in total. The quantitative estimate of drug-likeness (QED) is 0.107. The minimum absolute atomic E-state index is 0.123. The van der Waals surface area contributed by atoms with Crippen molar-refractivity contribution in [2.45, 2.75) is 18.4 Å². The number of hydrogen-bond donors (Lipinski definition) is 2. The van der Waals surface area contributed by atoms with Crippen LogP contribution in [0.25, 0.3) is 34.0 Å². The minimum atomic E-state index is -0.231. The van der Waals surface area contributed by atoms with E-state index in [-0.39, 0.29) is 22.5 Å². The molecule has 11 heteroatoms. The fraction of sp³-hybridized carbons (Fsp3) is 0.138. The highest BCUT2D eigenvalue weighted by Crippen LogP contribution is 2.41. The first-order valence-electron chi connectivity index (χ1n) is 12.1. The summed E-state index contributed by atoms with van der Waals surface area (Å²) in [6, 6.07) is 19.9. The first kappa shape index (κ1) is 27.8. The zero-order chi connectivity index (χ0) is 28.2. The highest BCUT2D eigenvalue weighted by Gasteiger charge is 2.26. The van der Waals surface area contributed by atoms with Gasteiger partial charge in [0.2, 0.25) is 0 Å². The molecule has 0 atom stereocenters. The van der Waals surface area contributed by atoms with Crippen molar-refractivity contribution in [3.63, 3.8) is 0 Å². The smallest absolute Gasteiger partial charge is 0.187 e. The molecule has 0 radical (unpaired) electrons. The summed E-state index contributed by atoms with van der Waals surface area (Å²) in [6.45, 7) is 0.122. The molecule has 0 amide bonds. The lowest BCUT2D eigenvalue weighted by atomic mass is 10.1. The van der Waals surface area contributed by atoms with Gasteiger partial charge >= 0.3 is 0 Å². The molecule has 40 heavy (non-hydrogen) atoms. The third-order valence-electron chi connectivity index (χ3n) is 6.09. The first-order valence-corrected chi connectivity index (χ1v) is 14.0. The molecule has 2 heterocycles. The standard InChI is InChI=1S/C29H24Cl2N4O4S/c1-38-20-8-6-17(7-9-20)16-39-21-5-3-4-19(14-21)26-27(24-10-11-32-29(33-24)40-2)35(37)28(34-26)25-22(30)12-18(15-36)13-23(25)31/h3-14,36-37H,15-16H2,1-2H3. The molecule has 204 valence electrons. The average molecular weight is 596 g/mol. The lowest BCUT2D eigenvalue weighted by Gasteiger charge is -2.10. The third-order valence-corrected chi connectivity index (χ3v) is 7.25. The van der Waals surface area contributed by atoms with Gasteiger partial charge in [-0.15, -0.1) is 0 Å². The molecule has 0 saturated carbocycles. The minimum Gasteiger partial charge on any atom is -0.497 e. The van der Waals surface area contributed by atoms with E-state index < -0.39 is 0 Å². The second-order valence-electron chi connectivity index (χ2n) is 8.63. The van der Waals surface area contributed by atoms with Crippen LogP contribution in [0.2, 0.25) is 10.0 Å². The van der Waals surface area contributed by atoms with Gasteiger partial charge in [-0.05, 0) is 59.8 Å². The number of thioether (sulfide) groups is 1. The monoisotopic (exact) mass is 594 g/mol. The largest absolute Gasteiger partial charge is 0.497 e. The fourth-order valence-corrected chi connectivity index (χ4v) is 5.19. The summed E-state index contributed by atoms with van der Waals surface area (Å²) in [4.78, 5) is 13.6. The van der Waals surface area contributed by atoms with Crippen LogP contribution < -0.4 is 9.47 Å². The molecule has 5 rings (SSSR count). The van der Waals surface area contributed by atoms with E-state index in [1.807, 2.05) is 54.8 Å². The zero-order valence-corrected chi connectivity index (χ0v) is 23.8. The molecule has 0 saturated heterocycles. The van der Waals surface area contributed by atoms with Crippen LogP contribution in [-0.2, 0) is 13.2 Å². The van der Waals surface area contributed by atoms with Gasteiger partial charge in [-0.2, -0.15) is 4.73 Å². The molecule has 5 aromatic rings. The second kappa shape index (κ2) is 12.2. The van der Waals surface area contributed by atoms with E-state index in [9.17, 15) is 10.3 Å². The molecule has 3 aromatic carbocycles. The van der Waals surface area contributed by atoms with Crippen molar-refractivity contribution in [2.75, 3.05) is 13.4 Å². The predicted octanol–water partition coefficient (Wildman–Crippen LogP) is 7.02. The topological polar surface area (TPSA) is 103 Å². The molecule has 8 nitrogen and oxygen atoms in total. The van der Waals surface area contributed by atoms with E-state index >= 15 is 0 Å². The molecular formula is C29H24Cl2N4O4S. The van der Waals surface area contributed by atoms with Gasteiger partial charge < -0.3 is 19.8 Å². The predicted molar refractivity (Wildman–Crippen MR) is 156 cm³/mol. The van der Waals surface area contributed by atoms with Gasteiger partial charge in [0.15, 0.2) is 11.0 Å². The lowest BCUT2D eigenvalue weighted by molar-refractivity contribution is 0.195. The molecule has 0 aliphatic rings. The van der Waals surface area contributed by atoms with E-state index in [1.54, 1.807) is 31.5 Å². The lowest BCUT2D eigenvalue weighted by Crippen LogP contribution is -2.01. The van der Waals surface area contributed by atoms with Crippen molar-refractivity contribution in [1.82, 2.24) is 19.7 Å². The average Bonchev–Trinajstić information content (AvgIpc) is 3.32. The summed E-state index contributed by atoms with van der Waals surface area (Å²) in [5.41, 5.74) is 3.75. The Kier molecular flexibility index (Phi) is 8.46. The molecular weight excluding hydrogens is 571 g/mol. The van der Waals surface area contributed by atoms with Crippen molar-refractivity contribution in [1.29, 1.82) is 0 Å². The van der Waals surface area contributed by atoms with E-state index in [0.29, 0.717) is 51.3 Å². The van der Waals surface area contributed by atoms with Crippen LogP contribution in [0.5, 0.6) is 11.5 Å². The number of imidazole rings is 1.